The van der Waals surface area contributed by atoms with Crippen molar-refractivity contribution >= 4 is 26.9 Å². The molecule has 0 rings (SSSR count). The highest BCUT2D eigenvalue weighted by molar-refractivity contribution is 7.54. The summed E-state index contributed by atoms with van der Waals surface area (Å²) >= 11 is 0. The summed E-state index contributed by atoms with van der Waals surface area (Å²) in [4.78, 5) is 22.9. The first-order chi connectivity index (χ1) is 15.2. The van der Waals surface area contributed by atoms with Crippen LogP contribution in [0.3, 0.4) is 0 Å². The van der Waals surface area contributed by atoms with Crippen molar-refractivity contribution in [1.29, 1.82) is 0 Å². The lowest BCUT2D eigenvalue weighted by Crippen LogP contribution is -2.15. The van der Waals surface area contributed by atoms with E-state index in [9.17, 15) is 18.7 Å². The molecule has 0 fully saturated rings. The number of rotatable bonds is 22. The number of hydrogen-bond acceptors (Lipinski definition) is 10. The average molecular weight is 502 g/mol. The fraction of sp³-hybridized carbons (Fsp3) is 0.900. The third kappa shape index (κ3) is 17.0. The van der Waals surface area contributed by atoms with E-state index in [0.29, 0.717) is 32.3 Å². The lowest BCUT2D eigenvalue weighted by Gasteiger charge is -2.20. The van der Waals surface area contributed by atoms with Gasteiger partial charge in [-0.1, -0.05) is 20.8 Å². The number of carbonyl (C=O) groups is 2. The molecule has 0 bridgehead atoms. The highest BCUT2D eigenvalue weighted by atomic mass is 31.2. The van der Waals surface area contributed by atoms with Crippen LogP contribution in [0.2, 0.25) is 0 Å². The molecule has 2 unspecified atom stereocenters. The van der Waals surface area contributed by atoms with Crippen LogP contribution in [0.15, 0.2) is 0 Å². The van der Waals surface area contributed by atoms with Crippen LogP contribution in [0.1, 0.15) is 59.8 Å². The number of carbonyl (C=O) groups excluding carboxylic acids is 2. The van der Waals surface area contributed by atoms with Crippen LogP contribution in [0.25, 0.3) is 0 Å². The van der Waals surface area contributed by atoms with Crippen molar-refractivity contribution in [2.75, 3.05) is 58.6 Å². The van der Waals surface area contributed by atoms with Gasteiger partial charge in [0, 0.05) is 6.61 Å². The number of Topliss-reactive ketones (excluding diaryl/α,β-unsaturated/α-hetero) is 1. The lowest BCUT2D eigenvalue weighted by molar-refractivity contribution is -0.146. The first-order valence-corrected chi connectivity index (χ1v) is 14.6. The summed E-state index contributed by atoms with van der Waals surface area (Å²) in [5.74, 6) is -0.870. The molecule has 0 N–H and O–H groups in total. The number of ether oxygens (including phenoxy) is 2. The predicted molar refractivity (Wildman–Crippen MR) is 121 cm³/mol. The Bertz CT molecular complexity index is 611. The van der Waals surface area contributed by atoms with Gasteiger partial charge in [-0.05, 0) is 39.0 Å². The van der Waals surface area contributed by atoms with Crippen LogP contribution in [-0.2, 0) is 46.3 Å². The van der Waals surface area contributed by atoms with E-state index in [1.807, 2.05) is 20.8 Å². The highest BCUT2D eigenvalue weighted by Crippen LogP contribution is 2.51. The Morgan fingerprint density at radius 1 is 0.656 bits per heavy atom. The number of ketones is 1. The van der Waals surface area contributed by atoms with Crippen molar-refractivity contribution < 1.29 is 46.3 Å². The van der Waals surface area contributed by atoms with Gasteiger partial charge < -0.3 is 23.0 Å². The third-order valence-electron chi connectivity index (χ3n) is 3.78. The summed E-state index contributed by atoms with van der Waals surface area (Å²) < 4.78 is 57.4. The zero-order chi connectivity index (χ0) is 24.3. The lowest BCUT2D eigenvalue weighted by atomic mass is 10.4. The molecule has 0 spiro atoms. The van der Waals surface area contributed by atoms with Gasteiger partial charge in [-0.25, -0.2) is 4.79 Å². The highest BCUT2D eigenvalue weighted by Gasteiger charge is 2.28. The SMILES string of the molecule is CCCOCCOP(=O)(CCCCP(=O)(OCCC)OCC(C)=O)OCC(=O)OCCC. The van der Waals surface area contributed by atoms with Crippen molar-refractivity contribution in [3.05, 3.63) is 0 Å². The normalized spacial score (nSPS) is 15.1. The van der Waals surface area contributed by atoms with Crippen molar-refractivity contribution in [2.24, 2.45) is 0 Å². The molecule has 0 radical (unpaired) electrons. The Balaban J connectivity index is 4.75. The van der Waals surface area contributed by atoms with Gasteiger partial charge in [0.25, 0.3) is 0 Å². The summed E-state index contributed by atoms with van der Waals surface area (Å²) in [6, 6.07) is 0. The molecule has 0 aromatic carbocycles. The van der Waals surface area contributed by atoms with Crippen molar-refractivity contribution in [2.45, 2.75) is 59.8 Å². The van der Waals surface area contributed by atoms with Crippen molar-refractivity contribution in [3.8, 4) is 0 Å². The molecule has 0 heterocycles. The van der Waals surface area contributed by atoms with Gasteiger partial charge >= 0.3 is 21.2 Å². The fourth-order valence-electron chi connectivity index (χ4n) is 2.25. The van der Waals surface area contributed by atoms with Crippen LogP contribution in [-0.4, -0.2) is 70.3 Å². The van der Waals surface area contributed by atoms with Gasteiger partial charge in [-0.15, -0.1) is 0 Å². The minimum Gasteiger partial charge on any atom is -0.464 e. The Hall–Kier alpha value is -0.600. The molecule has 0 saturated heterocycles. The topological polar surface area (TPSA) is 124 Å². The molecule has 0 amide bonds. The van der Waals surface area contributed by atoms with Gasteiger partial charge in [0.2, 0.25) is 0 Å². The second kappa shape index (κ2) is 18.8. The van der Waals surface area contributed by atoms with Crippen LogP contribution in [0.5, 0.6) is 0 Å². The van der Waals surface area contributed by atoms with Crippen LogP contribution < -0.4 is 0 Å². The molecule has 0 aliphatic carbocycles. The first kappa shape index (κ1) is 31.4. The summed E-state index contributed by atoms with van der Waals surface area (Å²) in [5.41, 5.74) is 0. The predicted octanol–water partition coefficient (Wildman–Crippen LogP) is 4.60. The zero-order valence-corrected chi connectivity index (χ0v) is 21.7. The van der Waals surface area contributed by atoms with Crippen LogP contribution in [0, 0.1) is 0 Å². The maximum atomic E-state index is 13.1. The molecule has 0 aromatic heterocycles. The molecule has 0 saturated carbocycles. The maximum Gasteiger partial charge on any atom is 0.332 e. The van der Waals surface area contributed by atoms with Gasteiger partial charge in [0.05, 0.1) is 38.8 Å². The third-order valence-corrected chi connectivity index (χ3v) is 7.71. The molecule has 0 aliphatic rings. The molecule has 0 aliphatic heterocycles. The molecule has 2 atom stereocenters. The van der Waals surface area contributed by atoms with Gasteiger partial charge in [-0.3, -0.25) is 18.4 Å². The Kier molecular flexibility index (Phi) is 18.4. The number of hydrogen-bond donors (Lipinski definition) is 0. The second-order valence-electron chi connectivity index (χ2n) is 7.12. The Morgan fingerprint density at radius 2 is 1.19 bits per heavy atom. The van der Waals surface area contributed by atoms with E-state index in [1.165, 1.54) is 6.92 Å². The van der Waals surface area contributed by atoms with E-state index in [4.69, 9.17) is 27.6 Å². The zero-order valence-electron chi connectivity index (χ0n) is 19.9. The smallest absolute Gasteiger partial charge is 0.332 e. The molecule has 32 heavy (non-hydrogen) atoms. The molecule has 10 nitrogen and oxygen atoms in total. The van der Waals surface area contributed by atoms with E-state index in [2.05, 4.69) is 0 Å². The maximum absolute atomic E-state index is 13.1. The fourth-order valence-corrected chi connectivity index (χ4v) is 5.63. The summed E-state index contributed by atoms with van der Waals surface area (Å²) in [6.07, 6.45) is 2.94. The molecule has 0 aromatic rings. The van der Waals surface area contributed by atoms with E-state index in [-0.39, 0.29) is 51.1 Å². The molecule has 190 valence electrons. The van der Waals surface area contributed by atoms with E-state index < -0.39 is 27.8 Å². The van der Waals surface area contributed by atoms with Crippen LogP contribution in [0.4, 0.5) is 0 Å². The minimum atomic E-state index is -3.59. The van der Waals surface area contributed by atoms with Crippen molar-refractivity contribution in [3.63, 3.8) is 0 Å². The molecular formula is C20H40O10P2. The van der Waals surface area contributed by atoms with E-state index >= 15 is 0 Å². The number of esters is 1. The number of unbranched alkanes of at least 4 members (excludes halogenated alkanes) is 1. The Labute approximate surface area is 192 Å². The quantitative estimate of drug-likeness (QED) is 0.118. The summed E-state index contributed by atoms with van der Waals surface area (Å²) in [7, 11) is -7.03. The molecular weight excluding hydrogens is 462 g/mol. The van der Waals surface area contributed by atoms with Crippen molar-refractivity contribution in [1.82, 2.24) is 0 Å². The van der Waals surface area contributed by atoms with E-state index in [1.54, 1.807) is 0 Å². The average Bonchev–Trinajstić information content (AvgIpc) is 2.76. The minimum absolute atomic E-state index is 0.0162. The standard InChI is InChI=1S/C20H40O10P2/c1-5-10-25-13-14-28-32(24,30-18-20(22)26-11-6-2)16-9-8-15-31(23,27-12-7-3)29-17-19(4)21/h5-18H2,1-4H3. The van der Waals surface area contributed by atoms with Gasteiger partial charge in [0.15, 0.2) is 12.4 Å². The summed E-state index contributed by atoms with van der Waals surface area (Å²) in [5, 5.41) is 0. The second-order valence-corrected chi connectivity index (χ2v) is 11.5. The monoisotopic (exact) mass is 502 g/mol. The summed E-state index contributed by atoms with van der Waals surface area (Å²) in [6.45, 7) is 7.65. The largest absolute Gasteiger partial charge is 0.464 e. The van der Waals surface area contributed by atoms with Gasteiger partial charge in [-0.2, -0.15) is 0 Å². The Morgan fingerprint density at radius 3 is 1.72 bits per heavy atom. The van der Waals surface area contributed by atoms with Gasteiger partial charge in [0.1, 0.15) is 6.61 Å². The van der Waals surface area contributed by atoms with Crippen LogP contribution >= 0.6 is 15.2 Å². The molecule has 12 heteroatoms. The van der Waals surface area contributed by atoms with E-state index in [0.717, 1.165) is 6.42 Å². The first-order valence-electron chi connectivity index (χ1n) is 11.2.